The highest BCUT2D eigenvalue weighted by Gasteiger charge is 2.22. The fourth-order valence-electron chi connectivity index (χ4n) is 2.01. The molecule has 2 unspecified atom stereocenters. The maximum Gasteiger partial charge on any atom is 0.220 e. The minimum absolute atomic E-state index is 0.204. The molecule has 3 nitrogen and oxygen atoms in total. The largest absolute Gasteiger partial charge is 0.352 e. The summed E-state index contributed by atoms with van der Waals surface area (Å²) < 4.78 is 0. The van der Waals surface area contributed by atoms with E-state index in [1.807, 2.05) is 0 Å². The van der Waals surface area contributed by atoms with Crippen molar-refractivity contribution in [1.29, 1.82) is 0 Å². The lowest BCUT2D eigenvalue weighted by molar-refractivity contribution is -0.122. The summed E-state index contributed by atoms with van der Waals surface area (Å²) in [5, 5.41) is 6.53. The zero-order chi connectivity index (χ0) is 12.2. The standard InChI is InChI=1S/C13H26N2O/c1-10-11(6-5-9-14-10)15-12(16)7-8-13(2,3)4/h10-11,14H,5-9H2,1-4H3,(H,15,16). The molecule has 1 amide bonds. The second-order valence-corrected chi connectivity index (χ2v) is 6.12. The summed E-state index contributed by atoms with van der Waals surface area (Å²) in [5.41, 5.74) is 0.244. The van der Waals surface area contributed by atoms with E-state index in [-0.39, 0.29) is 11.3 Å². The Hall–Kier alpha value is -0.570. The Morgan fingerprint density at radius 1 is 1.44 bits per heavy atom. The third-order valence-corrected chi connectivity index (χ3v) is 3.21. The fraction of sp³-hybridized carbons (Fsp3) is 0.923. The smallest absolute Gasteiger partial charge is 0.220 e. The van der Waals surface area contributed by atoms with E-state index in [0.29, 0.717) is 18.5 Å². The van der Waals surface area contributed by atoms with Crippen LogP contribution in [-0.4, -0.2) is 24.5 Å². The average Bonchev–Trinajstić information content (AvgIpc) is 2.18. The lowest BCUT2D eigenvalue weighted by atomic mass is 9.90. The molecule has 1 aliphatic rings. The summed E-state index contributed by atoms with van der Waals surface area (Å²) in [6, 6.07) is 0.730. The quantitative estimate of drug-likeness (QED) is 0.773. The van der Waals surface area contributed by atoms with Gasteiger partial charge in [-0.1, -0.05) is 20.8 Å². The highest BCUT2D eigenvalue weighted by atomic mass is 16.1. The normalized spacial score (nSPS) is 26.5. The molecule has 16 heavy (non-hydrogen) atoms. The minimum atomic E-state index is 0.204. The van der Waals surface area contributed by atoms with Crippen LogP contribution in [0.25, 0.3) is 0 Å². The predicted octanol–water partition coefficient (Wildman–Crippen LogP) is 2.07. The Bertz CT molecular complexity index is 233. The Morgan fingerprint density at radius 3 is 2.69 bits per heavy atom. The summed E-state index contributed by atoms with van der Waals surface area (Å²) in [4.78, 5) is 11.8. The van der Waals surface area contributed by atoms with Crippen LogP contribution in [0.1, 0.15) is 53.4 Å². The van der Waals surface area contributed by atoms with Crippen LogP contribution in [0.3, 0.4) is 0 Å². The van der Waals surface area contributed by atoms with Crippen molar-refractivity contribution in [1.82, 2.24) is 10.6 Å². The molecule has 0 aliphatic carbocycles. The summed E-state index contributed by atoms with van der Waals surface area (Å²) >= 11 is 0. The SMILES string of the molecule is CC1NCCCC1NC(=O)CCC(C)(C)C. The van der Waals surface area contributed by atoms with Crippen molar-refractivity contribution >= 4 is 5.91 Å². The van der Waals surface area contributed by atoms with Gasteiger partial charge in [-0.25, -0.2) is 0 Å². The van der Waals surface area contributed by atoms with Gasteiger partial charge in [0, 0.05) is 18.5 Å². The molecular formula is C13H26N2O. The first kappa shape index (κ1) is 13.5. The van der Waals surface area contributed by atoms with Crippen molar-refractivity contribution in [3.8, 4) is 0 Å². The van der Waals surface area contributed by atoms with Gasteiger partial charge < -0.3 is 10.6 Å². The van der Waals surface area contributed by atoms with Crippen molar-refractivity contribution < 1.29 is 4.79 Å². The first-order chi connectivity index (χ1) is 7.38. The molecule has 3 heteroatoms. The van der Waals surface area contributed by atoms with Gasteiger partial charge in [0.25, 0.3) is 0 Å². The van der Waals surface area contributed by atoms with Gasteiger partial charge in [0.1, 0.15) is 0 Å². The van der Waals surface area contributed by atoms with E-state index in [0.717, 1.165) is 25.8 Å². The molecule has 0 bridgehead atoms. The van der Waals surface area contributed by atoms with Crippen LogP contribution in [-0.2, 0) is 4.79 Å². The zero-order valence-electron chi connectivity index (χ0n) is 11.1. The molecule has 1 heterocycles. The molecule has 0 aromatic rings. The van der Waals surface area contributed by atoms with E-state index < -0.39 is 0 Å². The first-order valence-electron chi connectivity index (χ1n) is 6.41. The number of hydrogen-bond donors (Lipinski definition) is 2. The van der Waals surface area contributed by atoms with E-state index in [1.54, 1.807) is 0 Å². The van der Waals surface area contributed by atoms with Gasteiger partial charge in [0.05, 0.1) is 0 Å². The lowest BCUT2D eigenvalue weighted by Gasteiger charge is -2.31. The van der Waals surface area contributed by atoms with Gasteiger partial charge in [-0.05, 0) is 38.1 Å². The van der Waals surface area contributed by atoms with Crippen LogP contribution >= 0.6 is 0 Å². The molecule has 2 atom stereocenters. The van der Waals surface area contributed by atoms with Crippen molar-refractivity contribution in [2.45, 2.75) is 65.5 Å². The van der Waals surface area contributed by atoms with Crippen molar-refractivity contribution in [3.63, 3.8) is 0 Å². The predicted molar refractivity (Wildman–Crippen MR) is 67.3 cm³/mol. The van der Waals surface area contributed by atoms with Crippen LogP contribution in [0.5, 0.6) is 0 Å². The van der Waals surface area contributed by atoms with Crippen molar-refractivity contribution in [2.24, 2.45) is 5.41 Å². The molecule has 94 valence electrons. The monoisotopic (exact) mass is 226 g/mol. The van der Waals surface area contributed by atoms with E-state index in [2.05, 4.69) is 38.3 Å². The highest BCUT2D eigenvalue weighted by Crippen LogP contribution is 2.20. The number of rotatable bonds is 3. The second-order valence-electron chi connectivity index (χ2n) is 6.12. The van der Waals surface area contributed by atoms with E-state index in [1.165, 1.54) is 0 Å². The number of carbonyl (C=O) groups is 1. The van der Waals surface area contributed by atoms with Gasteiger partial charge in [0.2, 0.25) is 5.91 Å². The molecule has 0 aromatic heterocycles. The van der Waals surface area contributed by atoms with Crippen LogP contribution in [0.4, 0.5) is 0 Å². The molecule has 0 saturated carbocycles. The molecule has 0 spiro atoms. The summed E-state index contributed by atoms with van der Waals surface area (Å²) in [6.45, 7) is 9.74. The van der Waals surface area contributed by atoms with Crippen molar-refractivity contribution in [3.05, 3.63) is 0 Å². The van der Waals surface area contributed by atoms with E-state index in [4.69, 9.17) is 0 Å². The molecule has 1 aliphatic heterocycles. The molecule has 1 rings (SSSR count). The van der Waals surface area contributed by atoms with Crippen LogP contribution in [0, 0.1) is 5.41 Å². The zero-order valence-corrected chi connectivity index (χ0v) is 11.1. The van der Waals surface area contributed by atoms with Gasteiger partial charge >= 0.3 is 0 Å². The molecule has 1 fully saturated rings. The van der Waals surface area contributed by atoms with Crippen molar-refractivity contribution in [2.75, 3.05) is 6.54 Å². The van der Waals surface area contributed by atoms with E-state index >= 15 is 0 Å². The van der Waals surface area contributed by atoms with Gasteiger partial charge in [-0.15, -0.1) is 0 Å². The fourth-order valence-corrected chi connectivity index (χ4v) is 2.01. The third kappa shape index (κ3) is 4.97. The maximum atomic E-state index is 11.8. The molecular weight excluding hydrogens is 200 g/mol. The topological polar surface area (TPSA) is 41.1 Å². The first-order valence-corrected chi connectivity index (χ1v) is 6.41. The van der Waals surface area contributed by atoms with Crippen LogP contribution in [0.2, 0.25) is 0 Å². The Kier molecular flexibility index (Phi) is 4.78. The second kappa shape index (κ2) is 5.67. The summed E-state index contributed by atoms with van der Waals surface area (Å²) in [5.74, 6) is 0.204. The lowest BCUT2D eigenvalue weighted by Crippen LogP contribution is -2.51. The summed E-state index contributed by atoms with van der Waals surface area (Å²) in [7, 11) is 0. The summed E-state index contributed by atoms with van der Waals surface area (Å²) in [6.07, 6.45) is 3.87. The number of hydrogen-bond acceptors (Lipinski definition) is 2. The number of carbonyl (C=O) groups excluding carboxylic acids is 1. The van der Waals surface area contributed by atoms with Crippen LogP contribution < -0.4 is 10.6 Å². The van der Waals surface area contributed by atoms with E-state index in [9.17, 15) is 4.79 Å². The molecule has 0 radical (unpaired) electrons. The Balaban J connectivity index is 2.28. The average molecular weight is 226 g/mol. The number of nitrogens with one attached hydrogen (secondary N) is 2. The van der Waals surface area contributed by atoms with Gasteiger partial charge in [0.15, 0.2) is 0 Å². The van der Waals surface area contributed by atoms with Gasteiger partial charge in [-0.2, -0.15) is 0 Å². The third-order valence-electron chi connectivity index (χ3n) is 3.21. The number of piperidine rings is 1. The van der Waals surface area contributed by atoms with Gasteiger partial charge in [-0.3, -0.25) is 4.79 Å². The number of amides is 1. The molecule has 1 saturated heterocycles. The Labute approximate surface area is 99.4 Å². The molecule has 0 aromatic carbocycles. The maximum absolute atomic E-state index is 11.8. The van der Waals surface area contributed by atoms with Crippen LogP contribution in [0.15, 0.2) is 0 Å². The minimum Gasteiger partial charge on any atom is -0.352 e. The Morgan fingerprint density at radius 2 is 2.12 bits per heavy atom. The molecule has 2 N–H and O–H groups in total. The highest BCUT2D eigenvalue weighted by molar-refractivity contribution is 5.76.